The molecule has 1 N–H and O–H groups in total. The van der Waals surface area contributed by atoms with Crippen LogP contribution in [-0.2, 0) is 20.1 Å². The van der Waals surface area contributed by atoms with Crippen molar-refractivity contribution in [3.8, 4) is 0 Å². The average Bonchev–Trinajstić information content (AvgIpc) is 3.04. The zero-order valence-corrected chi connectivity index (χ0v) is 12.8. The van der Waals surface area contributed by atoms with E-state index in [1.165, 1.54) is 16.5 Å². The van der Waals surface area contributed by atoms with Gasteiger partial charge in [-0.05, 0) is 31.2 Å². The lowest BCUT2D eigenvalue weighted by Gasteiger charge is -2.08. The second-order valence-corrected chi connectivity index (χ2v) is 5.30. The summed E-state index contributed by atoms with van der Waals surface area (Å²) >= 11 is 0. The van der Waals surface area contributed by atoms with Gasteiger partial charge in [-0.2, -0.15) is 0 Å². The minimum atomic E-state index is 0.742. The standard InChI is InChI=1S/C16H21N5/c1-4-17-10-13-6-5-7-15-14(13)8-9-21(15)11-16-19-18-12(2)20(16)3/h5-9,17H,4,10-11H2,1-3H3. The number of hydrogen-bond acceptors (Lipinski definition) is 3. The van der Waals surface area contributed by atoms with Crippen molar-refractivity contribution in [3.63, 3.8) is 0 Å². The van der Waals surface area contributed by atoms with E-state index in [4.69, 9.17) is 0 Å². The van der Waals surface area contributed by atoms with Gasteiger partial charge in [0.1, 0.15) is 5.82 Å². The first-order valence-corrected chi connectivity index (χ1v) is 7.33. The van der Waals surface area contributed by atoms with Crippen LogP contribution >= 0.6 is 0 Å². The lowest BCUT2D eigenvalue weighted by molar-refractivity contribution is 0.707. The molecule has 0 unspecified atom stereocenters. The van der Waals surface area contributed by atoms with Gasteiger partial charge in [0.25, 0.3) is 0 Å². The molecule has 21 heavy (non-hydrogen) atoms. The van der Waals surface area contributed by atoms with Gasteiger partial charge in [0, 0.05) is 30.7 Å². The molecule has 0 saturated heterocycles. The van der Waals surface area contributed by atoms with Crippen LogP contribution in [0, 0.1) is 6.92 Å². The Kier molecular flexibility index (Phi) is 3.75. The summed E-state index contributed by atoms with van der Waals surface area (Å²) in [5.41, 5.74) is 2.58. The van der Waals surface area contributed by atoms with Crippen LogP contribution < -0.4 is 5.32 Å². The number of hydrogen-bond donors (Lipinski definition) is 1. The summed E-state index contributed by atoms with van der Waals surface area (Å²) in [5.74, 6) is 1.91. The molecule has 0 fully saturated rings. The Morgan fingerprint density at radius 1 is 1.19 bits per heavy atom. The van der Waals surface area contributed by atoms with Gasteiger partial charge in [-0.15, -0.1) is 10.2 Å². The van der Waals surface area contributed by atoms with Crippen molar-refractivity contribution in [3.05, 3.63) is 47.7 Å². The summed E-state index contributed by atoms with van der Waals surface area (Å²) in [6, 6.07) is 8.65. The highest BCUT2D eigenvalue weighted by molar-refractivity contribution is 5.83. The van der Waals surface area contributed by atoms with Gasteiger partial charge in [-0.1, -0.05) is 19.1 Å². The fourth-order valence-electron chi connectivity index (χ4n) is 2.58. The molecule has 0 spiro atoms. The third kappa shape index (κ3) is 2.56. The Morgan fingerprint density at radius 3 is 2.76 bits per heavy atom. The van der Waals surface area contributed by atoms with E-state index in [-0.39, 0.29) is 0 Å². The zero-order chi connectivity index (χ0) is 14.8. The van der Waals surface area contributed by atoms with Crippen LogP contribution in [0.15, 0.2) is 30.5 Å². The van der Waals surface area contributed by atoms with Crippen molar-refractivity contribution in [2.24, 2.45) is 7.05 Å². The maximum Gasteiger partial charge on any atom is 0.152 e. The Balaban J connectivity index is 1.95. The second kappa shape index (κ2) is 5.69. The van der Waals surface area contributed by atoms with E-state index >= 15 is 0 Å². The fourth-order valence-corrected chi connectivity index (χ4v) is 2.58. The van der Waals surface area contributed by atoms with Crippen molar-refractivity contribution in [1.29, 1.82) is 0 Å². The first kappa shape index (κ1) is 13.8. The van der Waals surface area contributed by atoms with Gasteiger partial charge in [0.05, 0.1) is 6.54 Å². The van der Waals surface area contributed by atoms with E-state index in [0.717, 1.165) is 31.3 Å². The van der Waals surface area contributed by atoms with E-state index in [0.29, 0.717) is 0 Å². The van der Waals surface area contributed by atoms with E-state index in [9.17, 15) is 0 Å². The zero-order valence-electron chi connectivity index (χ0n) is 12.8. The minimum absolute atomic E-state index is 0.742. The molecule has 0 bridgehead atoms. The van der Waals surface area contributed by atoms with Gasteiger partial charge in [0.2, 0.25) is 0 Å². The van der Waals surface area contributed by atoms with Crippen LogP contribution in [0.1, 0.15) is 24.1 Å². The third-order valence-corrected chi connectivity index (χ3v) is 3.96. The Bertz CT molecular complexity index is 753. The SMILES string of the molecule is CCNCc1cccc2c1ccn2Cc1nnc(C)n1C. The number of nitrogens with one attached hydrogen (secondary N) is 1. The molecule has 2 aromatic heterocycles. The first-order valence-electron chi connectivity index (χ1n) is 7.33. The van der Waals surface area contributed by atoms with Crippen molar-refractivity contribution in [2.75, 3.05) is 6.54 Å². The second-order valence-electron chi connectivity index (χ2n) is 5.30. The molecule has 5 heteroatoms. The molecule has 3 rings (SSSR count). The fraction of sp³-hybridized carbons (Fsp3) is 0.375. The molecule has 110 valence electrons. The van der Waals surface area contributed by atoms with Gasteiger partial charge < -0.3 is 14.5 Å². The highest BCUT2D eigenvalue weighted by Crippen LogP contribution is 2.21. The quantitative estimate of drug-likeness (QED) is 0.781. The molecule has 0 aliphatic carbocycles. The highest BCUT2D eigenvalue weighted by Gasteiger charge is 2.09. The van der Waals surface area contributed by atoms with Crippen LogP contribution in [0.4, 0.5) is 0 Å². The third-order valence-electron chi connectivity index (χ3n) is 3.96. The average molecular weight is 283 g/mol. The lowest BCUT2D eigenvalue weighted by atomic mass is 10.1. The summed E-state index contributed by atoms with van der Waals surface area (Å²) in [4.78, 5) is 0. The molecular formula is C16H21N5. The Morgan fingerprint density at radius 2 is 2.05 bits per heavy atom. The van der Waals surface area contributed by atoms with Gasteiger partial charge in [-0.25, -0.2) is 0 Å². The van der Waals surface area contributed by atoms with Crippen LogP contribution in [0.3, 0.4) is 0 Å². The molecule has 0 amide bonds. The topological polar surface area (TPSA) is 47.7 Å². The monoisotopic (exact) mass is 283 g/mol. The summed E-state index contributed by atoms with van der Waals surface area (Å²) in [6.45, 7) is 6.72. The van der Waals surface area contributed by atoms with Crippen molar-refractivity contribution in [1.82, 2.24) is 24.6 Å². The Labute approximate surface area is 124 Å². The minimum Gasteiger partial charge on any atom is -0.340 e. The molecule has 0 saturated carbocycles. The molecule has 0 aliphatic heterocycles. The largest absolute Gasteiger partial charge is 0.340 e. The van der Waals surface area contributed by atoms with Crippen molar-refractivity contribution in [2.45, 2.75) is 26.9 Å². The van der Waals surface area contributed by atoms with Crippen LogP contribution in [0.5, 0.6) is 0 Å². The molecular weight excluding hydrogens is 262 g/mol. The summed E-state index contributed by atoms with van der Waals surface area (Å²) < 4.78 is 4.27. The van der Waals surface area contributed by atoms with Crippen molar-refractivity contribution < 1.29 is 0 Å². The van der Waals surface area contributed by atoms with Gasteiger partial charge in [0.15, 0.2) is 5.82 Å². The summed E-state index contributed by atoms with van der Waals surface area (Å²) in [5, 5.41) is 13.1. The normalized spacial score (nSPS) is 11.4. The number of nitrogens with zero attached hydrogens (tertiary/aromatic N) is 4. The molecule has 1 aromatic carbocycles. The van der Waals surface area contributed by atoms with E-state index < -0.39 is 0 Å². The molecule has 2 heterocycles. The van der Waals surface area contributed by atoms with Crippen LogP contribution in [-0.4, -0.2) is 25.9 Å². The smallest absolute Gasteiger partial charge is 0.152 e. The number of rotatable bonds is 5. The van der Waals surface area contributed by atoms with E-state index in [1.54, 1.807) is 0 Å². The number of aromatic nitrogens is 4. The van der Waals surface area contributed by atoms with Gasteiger partial charge in [-0.3, -0.25) is 0 Å². The molecule has 0 radical (unpaired) electrons. The van der Waals surface area contributed by atoms with Crippen LogP contribution in [0.25, 0.3) is 10.9 Å². The Hall–Kier alpha value is -2.14. The predicted octanol–water partition coefficient (Wildman–Crippen LogP) is 2.24. The predicted molar refractivity (Wildman–Crippen MR) is 84.2 cm³/mol. The maximum atomic E-state index is 4.25. The molecule has 5 nitrogen and oxygen atoms in total. The first-order chi connectivity index (χ1) is 10.2. The number of aryl methyl sites for hydroxylation is 1. The molecule has 0 aliphatic rings. The van der Waals surface area contributed by atoms with E-state index in [1.807, 2.05) is 18.5 Å². The lowest BCUT2D eigenvalue weighted by Crippen LogP contribution is -2.11. The number of fused-ring (bicyclic) bond motifs is 1. The van der Waals surface area contributed by atoms with Gasteiger partial charge >= 0.3 is 0 Å². The summed E-state index contributed by atoms with van der Waals surface area (Å²) in [6.07, 6.45) is 2.13. The highest BCUT2D eigenvalue weighted by atomic mass is 15.3. The maximum absolute atomic E-state index is 4.25. The van der Waals surface area contributed by atoms with Crippen molar-refractivity contribution >= 4 is 10.9 Å². The number of benzene rings is 1. The summed E-state index contributed by atoms with van der Waals surface area (Å²) in [7, 11) is 2.01. The van der Waals surface area contributed by atoms with Crippen LogP contribution in [0.2, 0.25) is 0 Å². The van der Waals surface area contributed by atoms with E-state index in [2.05, 4.69) is 57.5 Å². The molecule has 3 aromatic rings. The molecule has 0 atom stereocenters.